The number of hydrogen-bond donors (Lipinski definition) is 2. The number of aromatic amines is 1. The summed E-state index contributed by atoms with van der Waals surface area (Å²) in [4.78, 5) is 16.7. The van der Waals surface area contributed by atoms with E-state index in [-0.39, 0.29) is 26.2 Å². The van der Waals surface area contributed by atoms with Crippen molar-refractivity contribution in [2.45, 2.75) is 12.0 Å². The van der Waals surface area contributed by atoms with Gasteiger partial charge in [-0.25, -0.2) is 14.5 Å². The van der Waals surface area contributed by atoms with Crippen LogP contribution in [0.5, 0.6) is 0 Å². The Balaban J connectivity index is 0.00000120. The molecule has 0 aliphatic carbocycles. The third-order valence-electron chi connectivity index (χ3n) is 5.04. The van der Waals surface area contributed by atoms with Crippen molar-refractivity contribution in [2.75, 3.05) is 5.32 Å². The number of anilines is 1. The first kappa shape index (κ1) is 15.7. The Hall–Kier alpha value is -3.55. The smallest absolute Gasteiger partial charge is 0.272 e. The molecule has 2 atom stereocenters. The first-order valence-electron chi connectivity index (χ1n) is 8.50. The topological polar surface area (TPSA) is 88.5 Å². The van der Waals surface area contributed by atoms with E-state index in [1.165, 1.54) is 18.5 Å². The molecular weight excluding hydrogens is 347 g/mol. The minimum atomic E-state index is -0.308. The van der Waals surface area contributed by atoms with Crippen molar-refractivity contribution >= 4 is 16.5 Å². The van der Waals surface area contributed by atoms with Crippen molar-refractivity contribution in [3.05, 3.63) is 82.0 Å². The van der Waals surface area contributed by atoms with Gasteiger partial charge in [-0.1, -0.05) is 18.2 Å². The molecule has 2 unspecified atom stereocenters. The zero-order chi connectivity index (χ0) is 18.5. The van der Waals surface area contributed by atoms with Crippen LogP contribution in [-0.2, 0) is 7.05 Å². The highest BCUT2D eigenvalue weighted by Gasteiger charge is 2.37. The third-order valence-corrected chi connectivity index (χ3v) is 5.04. The van der Waals surface area contributed by atoms with Crippen molar-refractivity contribution in [3.63, 3.8) is 0 Å². The number of rotatable bonds is 2. The standard InChI is InChI=1S/C19H15FN6O.2H2/c1-26-18(21-9-22-26)15-16(10-5-7-11(20)8-6-10)23-13-4-2-3-12-14(13)17(15)24-25-19(12)27;;/h2-9,15-16,23H,1H3,(H,25,27);2*1H. The van der Waals surface area contributed by atoms with Gasteiger partial charge in [-0.15, -0.1) is 0 Å². The number of aromatic nitrogens is 5. The first-order chi connectivity index (χ1) is 13.1. The molecule has 2 aromatic carbocycles. The molecular formula is C19H19FN6O. The molecule has 2 aromatic heterocycles. The summed E-state index contributed by atoms with van der Waals surface area (Å²) in [5, 5.41) is 16.0. The van der Waals surface area contributed by atoms with Crippen LogP contribution >= 0.6 is 0 Å². The van der Waals surface area contributed by atoms with Crippen LogP contribution in [0.15, 0.2) is 53.6 Å². The Kier molecular flexibility index (Phi) is 3.33. The van der Waals surface area contributed by atoms with Gasteiger partial charge < -0.3 is 5.32 Å². The quantitative estimate of drug-likeness (QED) is 0.569. The molecule has 0 bridgehead atoms. The fraction of sp³-hybridized carbons (Fsp3) is 0.158. The van der Waals surface area contributed by atoms with Crippen LogP contribution in [0, 0.1) is 5.82 Å². The van der Waals surface area contributed by atoms with E-state index >= 15 is 0 Å². The maximum atomic E-state index is 13.5. The average Bonchev–Trinajstić information content (AvgIpc) is 3.10. The fourth-order valence-corrected chi connectivity index (χ4v) is 3.80. The van der Waals surface area contributed by atoms with Gasteiger partial charge in [0.25, 0.3) is 5.56 Å². The lowest BCUT2D eigenvalue weighted by Gasteiger charge is -2.33. The molecule has 0 amide bonds. The van der Waals surface area contributed by atoms with E-state index in [0.717, 1.165) is 16.6 Å². The summed E-state index contributed by atoms with van der Waals surface area (Å²) in [6.07, 6.45) is 1.49. The average molecular weight is 366 g/mol. The highest BCUT2D eigenvalue weighted by Crippen LogP contribution is 2.45. The lowest BCUT2D eigenvalue weighted by molar-refractivity contribution is 0.564. The molecule has 0 spiro atoms. The Labute approximate surface area is 155 Å². The Morgan fingerprint density at radius 1 is 1.19 bits per heavy atom. The Morgan fingerprint density at radius 2 is 2.00 bits per heavy atom. The predicted octanol–water partition coefficient (Wildman–Crippen LogP) is 2.98. The molecule has 138 valence electrons. The number of halogens is 1. The summed E-state index contributed by atoms with van der Waals surface area (Å²) in [6.45, 7) is 0. The minimum Gasteiger partial charge on any atom is -0.377 e. The lowest BCUT2D eigenvalue weighted by Crippen LogP contribution is -2.29. The second-order valence-electron chi connectivity index (χ2n) is 6.56. The van der Waals surface area contributed by atoms with Crippen molar-refractivity contribution in [1.82, 2.24) is 25.0 Å². The minimum absolute atomic E-state index is 0. The molecule has 1 aliphatic heterocycles. The molecule has 27 heavy (non-hydrogen) atoms. The Bertz CT molecular complexity index is 1220. The van der Waals surface area contributed by atoms with E-state index in [1.54, 1.807) is 22.9 Å². The largest absolute Gasteiger partial charge is 0.377 e. The maximum Gasteiger partial charge on any atom is 0.272 e. The summed E-state index contributed by atoms with van der Waals surface area (Å²) < 4.78 is 15.1. The summed E-state index contributed by atoms with van der Waals surface area (Å²) in [6, 6.07) is 11.6. The van der Waals surface area contributed by atoms with E-state index in [1.807, 2.05) is 19.2 Å². The van der Waals surface area contributed by atoms with Crippen molar-refractivity contribution in [1.29, 1.82) is 0 Å². The predicted molar refractivity (Wildman–Crippen MR) is 102 cm³/mol. The van der Waals surface area contributed by atoms with Crippen LogP contribution in [0.3, 0.4) is 0 Å². The number of hydrogen-bond acceptors (Lipinski definition) is 5. The van der Waals surface area contributed by atoms with Crippen LogP contribution in [-0.4, -0.2) is 25.0 Å². The summed E-state index contributed by atoms with van der Waals surface area (Å²) >= 11 is 0. The molecule has 1 aliphatic rings. The fourth-order valence-electron chi connectivity index (χ4n) is 3.80. The molecule has 0 fully saturated rings. The van der Waals surface area contributed by atoms with Gasteiger partial charge in [0.05, 0.1) is 23.0 Å². The number of aryl methyl sites for hydroxylation is 1. The molecule has 0 radical (unpaired) electrons. The van der Waals surface area contributed by atoms with Crippen LogP contribution in [0.25, 0.3) is 10.8 Å². The van der Waals surface area contributed by atoms with E-state index in [2.05, 4.69) is 25.6 Å². The molecule has 5 rings (SSSR count). The van der Waals surface area contributed by atoms with Crippen molar-refractivity contribution in [3.8, 4) is 0 Å². The number of nitrogens with one attached hydrogen (secondary N) is 2. The van der Waals surface area contributed by atoms with Gasteiger partial charge in [0.15, 0.2) is 0 Å². The van der Waals surface area contributed by atoms with E-state index in [4.69, 9.17) is 0 Å². The zero-order valence-corrected chi connectivity index (χ0v) is 14.3. The monoisotopic (exact) mass is 366 g/mol. The van der Waals surface area contributed by atoms with Crippen molar-refractivity contribution < 1.29 is 7.24 Å². The summed E-state index contributed by atoms with van der Waals surface area (Å²) in [5.74, 6) is 0.0964. The molecule has 4 aromatic rings. The van der Waals surface area contributed by atoms with Gasteiger partial charge in [0, 0.05) is 21.0 Å². The van der Waals surface area contributed by atoms with Crippen molar-refractivity contribution in [2.24, 2.45) is 7.05 Å². The SMILES string of the molecule is Cn1ncnc1C1c2n[nH]c(=O)c3cccc(c23)NC1c1ccc(F)cc1.[HH].[HH]. The van der Waals surface area contributed by atoms with Gasteiger partial charge in [0.2, 0.25) is 0 Å². The highest BCUT2D eigenvalue weighted by atomic mass is 19.1. The van der Waals surface area contributed by atoms with E-state index in [9.17, 15) is 9.18 Å². The molecule has 8 heteroatoms. The number of benzene rings is 2. The summed E-state index contributed by atoms with van der Waals surface area (Å²) in [5.41, 5.74) is 2.17. The second kappa shape index (κ2) is 5.73. The summed E-state index contributed by atoms with van der Waals surface area (Å²) in [7, 11) is 1.81. The first-order valence-corrected chi connectivity index (χ1v) is 8.50. The lowest BCUT2D eigenvalue weighted by atomic mass is 9.83. The number of nitrogens with zero attached hydrogens (tertiary/aromatic N) is 4. The van der Waals surface area contributed by atoms with E-state index in [0.29, 0.717) is 16.9 Å². The molecule has 7 nitrogen and oxygen atoms in total. The van der Waals surface area contributed by atoms with Crippen LogP contribution in [0.2, 0.25) is 0 Å². The van der Waals surface area contributed by atoms with Gasteiger partial charge in [-0.2, -0.15) is 10.2 Å². The molecule has 0 saturated heterocycles. The zero-order valence-electron chi connectivity index (χ0n) is 14.3. The molecule has 3 heterocycles. The maximum absolute atomic E-state index is 13.5. The Morgan fingerprint density at radius 3 is 2.74 bits per heavy atom. The van der Waals surface area contributed by atoms with Crippen LogP contribution < -0.4 is 10.9 Å². The van der Waals surface area contributed by atoms with Gasteiger partial charge in [0.1, 0.15) is 18.0 Å². The number of H-pyrrole nitrogens is 1. The molecule has 2 N–H and O–H groups in total. The van der Waals surface area contributed by atoms with Crippen LogP contribution in [0.4, 0.5) is 10.1 Å². The van der Waals surface area contributed by atoms with Gasteiger partial charge >= 0.3 is 0 Å². The van der Waals surface area contributed by atoms with Crippen LogP contribution in [0.1, 0.15) is 31.9 Å². The molecule has 0 saturated carbocycles. The van der Waals surface area contributed by atoms with Gasteiger partial charge in [-0.3, -0.25) is 9.48 Å². The third kappa shape index (κ3) is 2.33. The second-order valence-corrected chi connectivity index (χ2v) is 6.56. The normalized spacial score (nSPS) is 18.4. The van der Waals surface area contributed by atoms with E-state index < -0.39 is 0 Å². The van der Waals surface area contributed by atoms with Gasteiger partial charge in [-0.05, 0) is 29.8 Å². The highest BCUT2D eigenvalue weighted by molar-refractivity contribution is 5.97.